The van der Waals surface area contributed by atoms with Crippen molar-refractivity contribution in [2.75, 3.05) is 25.4 Å². The van der Waals surface area contributed by atoms with Crippen LogP contribution < -0.4 is 5.73 Å². The molecule has 1 aromatic carbocycles. The number of hydrogen-bond donors (Lipinski definition) is 1. The molecule has 2 saturated heterocycles. The predicted octanol–water partition coefficient (Wildman–Crippen LogP) is 3.36. The molecule has 2 aromatic rings. The molecule has 2 amide bonds. The Bertz CT molecular complexity index is 1030. The molecule has 1 saturated carbocycles. The van der Waals surface area contributed by atoms with Crippen LogP contribution in [0.1, 0.15) is 31.1 Å². The van der Waals surface area contributed by atoms with Crippen molar-refractivity contribution < 1.29 is 18.7 Å². The van der Waals surface area contributed by atoms with Gasteiger partial charge < -0.3 is 24.7 Å². The molecule has 7 nitrogen and oxygen atoms in total. The van der Waals surface area contributed by atoms with Crippen LogP contribution in [0.3, 0.4) is 0 Å². The summed E-state index contributed by atoms with van der Waals surface area (Å²) in [6.07, 6.45) is 1.18. The molecule has 3 atom stereocenters. The molecule has 148 valence electrons. The number of nitrogens with two attached hydrogens (primary N) is 1. The maximum atomic E-state index is 13.3. The third-order valence-corrected chi connectivity index (χ3v) is 6.57. The van der Waals surface area contributed by atoms with Gasteiger partial charge in [-0.25, -0.2) is 4.79 Å². The lowest BCUT2D eigenvalue weighted by atomic mass is 9.99. The fourth-order valence-electron chi connectivity index (χ4n) is 4.91. The molecule has 0 bridgehead atoms. The smallest absolute Gasteiger partial charge is 0.410 e. The van der Waals surface area contributed by atoms with Crippen molar-refractivity contribution in [1.82, 2.24) is 9.80 Å². The minimum absolute atomic E-state index is 0.133. The molecule has 3 heterocycles. The van der Waals surface area contributed by atoms with Crippen LogP contribution in [0.2, 0.25) is 5.02 Å². The highest BCUT2D eigenvalue weighted by Crippen LogP contribution is 2.67. The number of halogens is 1. The van der Waals surface area contributed by atoms with Crippen LogP contribution in [0.4, 0.5) is 10.5 Å². The summed E-state index contributed by atoms with van der Waals surface area (Å²) in [5.41, 5.74) is 6.45. The van der Waals surface area contributed by atoms with Gasteiger partial charge in [-0.1, -0.05) is 11.6 Å². The summed E-state index contributed by atoms with van der Waals surface area (Å²) in [4.78, 5) is 29.3. The summed E-state index contributed by atoms with van der Waals surface area (Å²) in [5, 5.41) is 0.973. The maximum absolute atomic E-state index is 13.3. The van der Waals surface area contributed by atoms with E-state index in [1.807, 2.05) is 25.7 Å². The number of furan rings is 1. The Morgan fingerprint density at radius 3 is 2.75 bits per heavy atom. The van der Waals surface area contributed by atoms with E-state index in [1.165, 1.54) is 6.26 Å². The van der Waals surface area contributed by atoms with Gasteiger partial charge in [0, 0.05) is 36.9 Å². The first-order valence-electron chi connectivity index (χ1n) is 9.38. The topological polar surface area (TPSA) is 89.0 Å². The van der Waals surface area contributed by atoms with E-state index in [0.717, 1.165) is 0 Å². The summed E-state index contributed by atoms with van der Waals surface area (Å²) < 4.78 is 11.0. The number of likely N-dealkylation sites (tertiary alicyclic amines) is 2. The van der Waals surface area contributed by atoms with E-state index in [1.54, 1.807) is 17.0 Å². The number of anilines is 1. The Morgan fingerprint density at radius 1 is 1.32 bits per heavy atom. The SMILES string of the molecule is CC(C)(C)OC(=O)N1CC2C3CN(C(=O)c4cc(Cl)c(N)c5ccoc45)C23C1. The number of ether oxygens (including phenoxy) is 1. The van der Waals surface area contributed by atoms with Gasteiger partial charge >= 0.3 is 6.09 Å². The van der Waals surface area contributed by atoms with Gasteiger partial charge in [0.25, 0.3) is 5.91 Å². The molecule has 0 radical (unpaired) electrons. The Morgan fingerprint density at radius 2 is 2.04 bits per heavy atom. The highest BCUT2D eigenvalue weighted by Gasteiger charge is 2.80. The third-order valence-electron chi connectivity index (χ3n) is 6.26. The van der Waals surface area contributed by atoms with E-state index >= 15 is 0 Å². The molecule has 2 aliphatic heterocycles. The Balaban J connectivity index is 1.40. The van der Waals surface area contributed by atoms with Crippen LogP contribution in [-0.4, -0.2) is 52.6 Å². The molecular formula is C20H22ClN3O4. The van der Waals surface area contributed by atoms with E-state index < -0.39 is 5.60 Å². The Kier molecular flexibility index (Phi) is 3.37. The number of nitrogens with zero attached hydrogens (tertiary/aromatic N) is 2. The van der Waals surface area contributed by atoms with E-state index in [2.05, 4.69) is 0 Å². The second-order valence-electron chi connectivity index (χ2n) is 8.96. The minimum atomic E-state index is -0.540. The molecule has 1 aromatic heterocycles. The monoisotopic (exact) mass is 403 g/mol. The van der Waals surface area contributed by atoms with Crippen LogP contribution in [-0.2, 0) is 4.74 Å². The van der Waals surface area contributed by atoms with Crippen molar-refractivity contribution in [2.45, 2.75) is 31.9 Å². The highest BCUT2D eigenvalue weighted by molar-refractivity contribution is 6.35. The van der Waals surface area contributed by atoms with Crippen molar-refractivity contribution >= 4 is 40.3 Å². The lowest BCUT2D eigenvalue weighted by Crippen LogP contribution is -2.57. The molecule has 8 heteroatoms. The van der Waals surface area contributed by atoms with Crippen molar-refractivity contribution in [3.05, 3.63) is 29.0 Å². The zero-order chi connectivity index (χ0) is 20.0. The molecular weight excluding hydrogens is 382 g/mol. The number of rotatable bonds is 1. The van der Waals surface area contributed by atoms with Crippen LogP contribution in [0.15, 0.2) is 22.8 Å². The van der Waals surface area contributed by atoms with Gasteiger partial charge in [-0.05, 0) is 32.9 Å². The molecule has 3 fully saturated rings. The zero-order valence-corrected chi connectivity index (χ0v) is 16.7. The number of piperidine rings is 1. The van der Waals surface area contributed by atoms with Gasteiger partial charge in [0.05, 0.1) is 28.1 Å². The van der Waals surface area contributed by atoms with Crippen LogP contribution in [0, 0.1) is 11.8 Å². The molecule has 3 aliphatic rings. The van der Waals surface area contributed by atoms with Gasteiger partial charge in [-0.2, -0.15) is 0 Å². The van der Waals surface area contributed by atoms with Crippen molar-refractivity contribution in [3.8, 4) is 0 Å². The summed E-state index contributed by atoms with van der Waals surface area (Å²) in [6.45, 7) is 7.37. The predicted molar refractivity (Wildman–Crippen MR) is 104 cm³/mol. The second kappa shape index (κ2) is 5.35. The fourth-order valence-corrected chi connectivity index (χ4v) is 5.12. The van der Waals surface area contributed by atoms with E-state index in [4.69, 9.17) is 26.5 Å². The molecule has 1 aliphatic carbocycles. The zero-order valence-electron chi connectivity index (χ0n) is 16.0. The van der Waals surface area contributed by atoms with Gasteiger partial charge in [0.1, 0.15) is 11.2 Å². The average Bonchev–Trinajstić information content (AvgIpc) is 3.03. The van der Waals surface area contributed by atoms with E-state index in [-0.39, 0.29) is 17.5 Å². The Hall–Kier alpha value is -2.41. The first-order valence-corrected chi connectivity index (χ1v) is 9.76. The molecule has 3 unspecified atom stereocenters. The normalized spacial score (nSPS) is 28.0. The van der Waals surface area contributed by atoms with Crippen molar-refractivity contribution in [3.63, 3.8) is 0 Å². The van der Waals surface area contributed by atoms with E-state index in [9.17, 15) is 9.59 Å². The maximum Gasteiger partial charge on any atom is 0.410 e. The van der Waals surface area contributed by atoms with E-state index in [0.29, 0.717) is 58.7 Å². The summed E-state index contributed by atoms with van der Waals surface area (Å²) in [7, 11) is 0. The van der Waals surface area contributed by atoms with Crippen LogP contribution in [0.25, 0.3) is 11.0 Å². The molecule has 2 N–H and O–H groups in total. The van der Waals surface area contributed by atoms with Gasteiger partial charge in [-0.3, -0.25) is 4.79 Å². The number of hydrogen-bond acceptors (Lipinski definition) is 5. The molecule has 28 heavy (non-hydrogen) atoms. The lowest BCUT2D eigenvalue weighted by molar-refractivity contribution is 0.0109. The summed E-state index contributed by atoms with van der Waals surface area (Å²) in [6, 6.07) is 3.29. The van der Waals surface area contributed by atoms with Gasteiger partial charge in [0.2, 0.25) is 0 Å². The fraction of sp³-hybridized carbons (Fsp3) is 0.500. The third kappa shape index (κ3) is 2.22. The number of amides is 2. The first-order chi connectivity index (χ1) is 13.1. The standard InChI is InChI=1S/C20H22ClN3O4/c1-19(2,3)28-18(26)23-7-12-13-8-24(20(12,13)9-23)17(25)11-6-14(21)15(22)10-4-5-27-16(10)11/h4-6,12-13H,7-9,22H2,1-3H3. The Labute approximate surface area is 167 Å². The number of nitrogen functional groups attached to an aromatic ring is 1. The van der Waals surface area contributed by atoms with Crippen molar-refractivity contribution in [2.24, 2.45) is 11.8 Å². The summed E-state index contributed by atoms with van der Waals surface area (Å²) >= 11 is 6.24. The first kappa shape index (κ1) is 17.7. The van der Waals surface area contributed by atoms with Crippen molar-refractivity contribution in [1.29, 1.82) is 0 Å². The molecule has 1 spiro atoms. The van der Waals surface area contributed by atoms with Gasteiger partial charge in [0.15, 0.2) is 0 Å². The average molecular weight is 404 g/mol. The number of fused-ring (bicyclic) bond motifs is 2. The van der Waals surface area contributed by atoms with Crippen LogP contribution in [0.5, 0.6) is 0 Å². The largest absolute Gasteiger partial charge is 0.463 e. The minimum Gasteiger partial charge on any atom is -0.463 e. The quantitative estimate of drug-likeness (QED) is 0.737. The summed E-state index contributed by atoms with van der Waals surface area (Å²) in [5.74, 6) is 0.624. The lowest BCUT2D eigenvalue weighted by Gasteiger charge is -2.42. The van der Waals surface area contributed by atoms with Gasteiger partial charge in [-0.15, -0.1) is 0 Å². The number of carbonyl (C=O) groups is 2. The number of benzene rings is 1. The second-order valence-corrected chi connectivity index (χ2v) is 9.37. The number of carbonyl (C=O) groups excluding carboxylic acids is 2. The molecule has 5 rings (SSSR count). The highest BCUT2D eigenvalue weighted by atomic mass is 35.5. The van der Waals surface area contributed by atoms with Crippen LogP contribution >= 0.6 is 11.6 Å².